The molecule has 7 heteroatoms. The fourth-order valence-corrected chi connectivity index (χ4v) is 15.0. The minimum absolute atomic E-state index is 0.0253. The quantitative estimate of drug-likeness (QED) is 0.138. The molecular weight excluding hydrogens is 581 g/mol. The molecule has 0 aromatic heterocycles. The molecule has 0 aliphatic carbocycles. The highest BCUT2D eigenvalue weighted by Gasteiger charge is 2.52. The SMILES string of the molecule is C=CCCC1([C@H](C)C[C@H]2O[C@H](CO[Si](c3ccccc3)(c3ccccc3)C(C)(C)C)C[C@H]2O[Si](CC)(CC)CC)OCCO1. The molecule has 2 aromatic carbocycles. The van der Waals surface area contributed by atoms with Gasteiger partial charge in [0, 0.05) is 18.8 Å². The van der Waals surface area contributed by atoms with E-state index in [0.717, 1.165) is 43.8 Å². The van der Waals surface area contributed by atoms with E-state index in [1.807, 2.05) is 6.08 Å². The number of hydrogen-bond donors (Lipinski definition) is 0. The molecule has 0 saturated carbocycles. The van der Waals surface area contributed by atoms with Crippen LogP contribution in [-0.2, 0) is 23.1 Å². The van der Waals surface area contributed by atoms with E-state index in [4.69, 9.17) is 23.1 Å². The highest BCUT2D eigenvalue weighted by molar-refractivity contribution is 6.99. The Labute approximate surface area is 269 Å². The molecule has 2 fully saturated rings. The maximum absolute atomic E-state index is 7.34. The Morgan fingerprint density at radius 3 is 1.95 bits per heavy atom. The number of rotatable bonds is 16. The van der Waals surface area contributed by atoms with Crippen molar-refractivity contribution in [3.05, 3.63) is 73.3 Å². The summed E-state index contributed by atoms with van der Waals surface area (Å²) in [7, 11) is -4.53. The fraction of sp³-hybridized carbons (Fsp3) is 0.622. The van der Waals surface area contributed by atoms with Gasteiger partial charge in [-0.3, -0.25) is 0 Å². The first-order chi connectivity index (χ1) is 21.1. The Kier molecular flexibility index (Phi) is 12.3. The highest BCUT2D eigenvalue weighted by Crippen LogP contribution is 2.41. The first kappa shape index (κ1) is 35.3. The molecule has 4 atom stereocenters. The third-order valence-corrected chi connectivity index (χ3v) is 20.0. The van der Waals surface area contributed by atoms with Gasteiger partial charge in [-0.15, -0.1) is 6.58 Å². The van der Waals surface area contributed by atoms with Gasteiger partial charge in [-0.05, 0) is 46.4 Å². The zero-order valence-electron chi connectivity index (χ0n) is 28.5. The normalized spacial score (nSPS) is 23.1. The molecule has 2 heterocycles. The molecule has 4 rings (SSSR count). The zero-order valence-corrected chi connectivity index (χ0v) is 30.5. The van der Waals surface area contributed by atoms with Crippen molar-refractivity contribution in [1.29, 1.82) is 0 Å². The Morgan fingerprint density at radius 2 is 1.48 bits per heavy atom. The van der Waals surface area contributed by atoms with Gasteiger partial charge in [0.05, 0.1) is 38.1 Å². The van der Waals surface area contributed by atoms with E-state index < -0.39 is 22.4 Å². The monoisotopic (exact) mass is 638 g/mol. The molecule has 2 saturated heterocycles. The molecule has 0 N–H and O–H groups in total. The van der Waals surface area contributed by atoms with Crippen LogP contribution in [0.3, 0.4) is 0 Å². The zero-order chi connectivity index (χ0) is 31.8. The van der Waals surface area contributed by atoms with Gasteiger partial charge in [-0.2, -0.15) is 0 Å². The summed E-state index contributed by atoms with van der Waals surface area (Å²) in [5.74, 6) is -0.418. The van der Waals surface area contributed by atoms with Crippen LogP contribution < -0.4 is 10.4 Å². The number of allylic oxidation sites excluding steroid dienone is 1. The van der Waals surface area contributed by atoms with E-state index in [1.54, 1.807) is 0 Å². The van der Waals surface area contributed by atoms with E-state index >= 15 is 0 Å². The van der Waals surface area contributed by atoms with Gasteiger partial charge in [0.25, 0.3) is 8.32 Å². The molecule has 0 spiro atoms. The van der Waals surface area contributed by atoms with Crippen molar-refractivity contribution in [2.75, 3.05) is 19.8 Å². The first-order valence-electron chi connectivity index (χ1n) is 17.1. The van der Waals surface area contributed by atoms with Gasteiger partial charge in [-0.25, -0.2) is 0 Å². The van der Waals surface area contributed by atoms with Gasteiger partial charge in [0.1, 0.15) is 0 Å². The summed E-state index contributed by atoms with van der Waals surface area (Å²) in [5.41, 5.74) is 0. The number of ether oxygens (including phenoxy) is 3. The second-order valence-corrected chi connectivity index (χ2v) is 22.9. The number of benzene rings is 2. The minimum atomic E-state index is -2.67. The Bertz CT molecular complexity index is 1090. The van der Waals surface area contributed by atoms with Gasteiger partial charge >= 0.3 is 0 Å². The largest absolute Gasteiger partial charge is 0.411 e. The summed E-state index contributed by atoms with van der Waals surface area (Å²) >= 11 is 0. The van der Waals surface area contributed by atoms with Crippen LogP contribution >= 0.6 is 0 Å². The van der Waals surface area contributed by atoms with Gasteiger partial charge in [0.2, 0.25) is 0 Å². The second kappa shape index (κ2) is 15.3. The molecule has 44 heavy (non-hydrogen) atoms. The lowest BCUT2D eigenvalue weighted by atomic mass is 9.89. The lowest BCUT2D eigenvalue weighted by Gasteiger charge is -2.43. The van der Waals surface area contributed by atoms with E-state index in [9.17, 15) is 0 Å². The fourth-order valence-electron chi connectivity index (χ4n) is 7.52. The summed E-state index contributed by atoms with van der Waals surface area (Å²) < 4.78 is 34.1. The van der Waals surface area contributed by atoms with Crippen LogP contribution in [0.4, 0.5) is 0 Å². The van der Waals surface area contributed by atoms with Crippen molar-refractivity contribution in [1.82, 2.24) is 0 Å². The third-order valence-electron chi connectivity index (χ3n) is 10.3. The summed E-state index contributed by atoms with van der Waals surface area (Å²) in [6.45, 7) is 21.9. The number of hydrogen-bond acceptors (Lipinski definition) is 5. The molecule has 0 unspecified atom stereocenters. The molecule has 5 nitrogen and oxygen atoms in total. The van der Waals surface area contributed by atoms with Crippen LogP contribution in [0.15, 0.2) is 73.3 Å². The van der Waals surface area contributed by atoms with Crippen molar-refractivity contribution in [2.45, 2.75) is 121 Å². The molecule has 2 aromatic rings. The summed E-state index contributed by atoms with van der Waals surface area (Å²) in [4.78, 5) is 0. The van der Waals surface area contributed by atoms with Crippen molar-refractivity contribution < 1.29 is 23.1 Å². The predicted molar refractivity (Wildman–Crippen MR) is 187 cm³/mol. The van der Waals surface area contributed by atoms with Gasteiger partial charge in [-0.1, -0.05) is 115 Å². The lowest BCUT2D eigenvalue weighted by Crippen LogP contribution is -2.67. The van der Waals surface area contributed by atoms with Gasteiger partial charge < -0.3 is 23.1 Å². The third kappa shape index (κ3) is 7.51. The van der Waals surface area contributed by atoms with Crippen molar-refractivity contribution >= 4 is 27.0 Å². The Morgan fingerprint density at radius 1 is 0.932 bits per heavy atom. The molecule has 0 amide bonds. The summed E-state index contributed by atoms with van der Waals surface area (Å²) in [5, 5.41) is 2.51. The molecule has 2 aliphatic rings. The molecule has 0 bridgehead atoms. The molecule has 0 radical (unpaired) electrons. The Balaban J connectivity index is 1.62. The maximum atomic E-state index is 7.34. The van der Waals surface area contributed by atoms with E-state index in [0.29, 0.717) is 19.8 Å². The van der Waals surface area contributed by atoms with Gasteiger partial charge in [0.15, 0.2) is 14.1 Å². The average molecular weight is 639 g/mol. The van der Waals surface area contributed by atoms with Crippen molar-refractivity contribution in [3.8, 4) is 0 Å². The average Bonchev–Trinajstić information content (AvgIpc) is 3.67. The van der Waals surface area contributed by atoms with Crippen LogP contribution in [0.2, 0.25) is 23.2 Å². The van der Waals surface area contributed by atoms with E-state index in [-0.39, 0.29) is 29.3 Å². The predicted octanol–water partition coefficient (Wildman–Crippen LogP) is 7.85. The smallest absolute Gasteiger partial charge is 0.261 e. The molecule has 2 aliphatic heterocycles. The lowest BCUT2D eigenvalue weighted by molar-refractivity contribution is -0.203. The van der Waals surface area contributed by atoms with Crippen LogP contribution in [0.25, 0.3) is 0 Å². The van der Waals surface area contributed by atoms with E-state index in [2.05, 4.69) is 116 Å². The molecule has 244 valence electrons. The highest BCUT2D eigenvalue weighted by atomic mass is 28.4. The standard InChI is InChI=1S/C37H58O5Si2/c1-9-13-24-37(38-25-26-39-37)30(5)27-34-35(42-43(10-2,11-3)12-4)28-31(41-34)29-40-44(36(6,7)8,32-20-16-14-17-21-32)33-22-18-15-19-23-33/h9,14-23,30-31,34-35H,1,10-13,24-29H2,2-8H3/t30-,31+,34-,35-/m1/s1. The van der Waals surface area contributed by atoms with Crippen LogP contribution in [-0.4, -0.2) is 60.6 Å². The minimum Gasteiger partial charge on any atom is -0.411 e. The Hall–Kier alpha value is -1.59. The summed E-state index contributed by atoms with van der Waals surface area (Å²) in [6.07, 6.45) is 5.31. The maximum Gasteiger partial charge on any atom is 0.261 e. The van der Waals surface area contributed by atoms with Crippen LogP contribution in [0.1, 0.15) is 74.1 Å². The van der Waals surface area contributed by atoms with Crippen molar-refractivity contribution in [2.24, 2.45) is 5.92 Å². The summed E-state index contributed by atoms with van der Waals surface area (Å²) in [6, 6.07) is 25.1. The van der Waals surface area contributed by atoms with Crippen LogP contribution in [0, 0.1) is 5.92 Å². The van der Waals surface area contributed by atoms with Crippen LogP contribution in [0.5, 0.6) is 0 Å². The second-order valence-electron chi connectivity index (χ2n) is 13.9. The topological polar surface area (TPSA) is 46.2 Å². The molecular formula is C37H58O5Si2. The first-order valence-corrected chi connectivity index (χ1v) is 21.5. The van der Waals surface area contributed by atoms with Crippen molar-refractivity contribution in [3.63, 3.8) is 0 Å². The van der Waals surface area contributed by atoms with E-state index in [1.165, 1.54) is 10.4 Å².